The highest BCUT2D eigenvalue weighted by molar-refractivity contribution is 7.19. The van der Waals surface area contributed by atoms with Crippen molar-refractivity contribution in [3.05, 3.63) is 34.2 Å². The maximum absolute atomic E-state index is 11.6. The molecule has 0 spiro atoms. The van der Waals surface area contributed by atoms with Crippen molar-refractivity contribution in [2.75, 3.05) is 19.7 Å². The fourth-order valence-electron chi connectivity index (χ4n) is 3.19. The molecule has 1 aromatic heterocycles. The number of esters is 1. The first-order chi connectivity index (χ1) is 9.72. The molecule has 2 aliphatic rings. The third kappa shape index (κ3) is 2.55. The molecule has 2 aromatic rings. The minimum atomic E-state index is -0.0278. The fraction of sp³-hybridized carbons (Fsp3) is 0.400. The van der Waals surface area contributed by atoms with Crippen molar-refractivity contribution in [1.82, 2.24) is 4.90 Å². The number of hydrogen-bond acceptors (Lipinski definition) is 4. The molecule has 6 heteroatoms. The zero-order valence-corrected chi connectivity index (χ0v) is 13.6. The first-order valence-corrected chi connectivity index (χ1v) is 7.96. The van der Waals surface area contributed by atoms with Crippen LogP contribution in [0.15, 0.2) is 24.3 Å². The molecule has 112 valence electrons. The lowest BCUT2D eigenvalue weighted by Gasteiger charge is -2.15. The predicted octanol–water partition coefficient (Wildman–Crippen LogP) is 3.58. The van der Waals surface area contributed by atoms with Gasteiger partial charge >= 0.3 is 5.97 Å². The summed E-state index contributed by atoms with van der Waals surface area (Å²) in [6.07, 6.45) is 0. The van der Waals surface area contributed by atoms with Crippen LogP contribution in [0.4, 0.5) is 0 Å². The molecule has 2 saturated heterocycles. The van der Waals surface area contributed by atoms with Gasteiger partial charge in [-0.15, -0.1) is 23.7 Å². The van der Waals surface area contributed by atoms with Gasteiger partial charge in [0.2, 0.25) is 0 Å². The Bertz CT molecular complexity index is 687. The van der Waals surface area contributed by atoms with Crippen LogP contribution >= 0.6 is 35.3 Å². The van der Waals surface area contributed by atoms with Gasteiger partial charge < -0.3 is 4.74 Å². The second kappa shape index (κ2) is 5.76. The second-order valence-electron chi connectivity index (χ2n) is 5.53. The van der Waals surface area contributed by atoms with Crippen molar-refractivity contribution in [3.63, 3.8) is 0 Å². The molecule has 1 aromatic carbocycles. The average molecular weight is 344 g/mol. The van der Waals surface area contributed by atoms with Crippen LogP contribution in [0, 0.1) is 11.8 Å². The van der Waals surface area contributed by atoms with E-state index in [1.807, 2.05) is 12.1 Å². The normalized spacial score (nSPS) is 24.9. The Balaban J connectivity index is 0.00000132. The van der Waals surface area contributed by atoms with Crippen molar-refractivity contribution < 1.29 is 9.53 Å². The summed E-state index contributed by atoms with van der Waals surface area (Å²) in [4.78, 5) is 15.1. The van der Waals surface area contributed by atoms with Gasteiger partial charge in [0, 0.05) is 40.5 Å². The third-order valence-electron chi connectivity index (χ3n) is 4.23. The Morgan fingerprint density at radius 3 is 2.90 bits per heavy atom. The molecule has 0 bridgehead atoms. The standard InChI is InChI=1S/C15H14ClNO2S.ClH/c16-14-10-3-1-2-4-12(10)20-13(14)7-17-5-9-8-19-15(18)11(9)6-17;/h1-4,9,11H,5-8H2;1H/t9-,11-;/m1./s1. The molecule has 21 heavy (non-hydrogen) atoms. The van der Waals surface area contributed by atoms with E-state index >= 15 is 0 Å². The summed E-state index contributed by atoms with van der Waals surface area (Å²) in [5.74, 6) is 0.416. The molecule has 2 aliphatic heterocycles. The molecule has 0 saturated carbocycles. The molecule has 0 unspecified atom stereocenters. The summed E-state index contributed by atoms with van der Waals surface area (Å²) in [6, 6.07) is 8.22. The van der Waals surface area contributed by atoms with Crippen molar-refractivity contribution in [1.29, 1.82) is 0 Å². The highest BCUT2D eigenvalue weighted by Crippen LogP contribution is 2.38. The van der Waals surface area contributed by atoms with E-state index in [4.69, 9.17) is 16.3 Å². The summed E-state index contributed by atoms with van der Waals surface area (Å²) >= 11 is 8.23. The average Bonchev–Trinajstić information content (AvgIpc) is 3.08. The number of rotatable bonds is 2. The zero-order valence-electron chi connectivity index (χ0n) is 11.3. The van der Waals surface area contributed by atoms with Crippen LogP contribution in [-0.2, 0) is 16.1 Å². The smallest absolute Gasteiger partial charge is 0.310 e. The number of halogens is 2. The highest BCUT2D eigenvalue weighted by atomic mass is 35.5. The maximum Gasteiger partial charge on any atom is 0.310 e. The van der Waals surface area contributed by atoms with Crippen molar-refractivity contribution in [3.8, 4) is 0 Å². The van der Waals surface area contributed by atoms with Crippen LogP contribution in [0.5, 0.6) is 0 Å². The molecule has 3 heterocycles. The molecule has 0 amide bonds. The number of nitrogens with zero attached hydrogens (tertiary/aromatic N) is 1. The predicted molar refractivity (Wildman–Crippen MR) is 87.3 cm³/mol. The first kappa shape index (κ1) is 15.1. The minimum Gasteiger partial charge on any atom is -0.465 e. The van der Waals surface area contributed by atoms with E-state index in [-0.39, 0.29) is 24.3 Å². The number of hydrogen-bond donors (Lipinski definition) is 0. The van der Waals surface area contributed by atoms with Crippen LogP contribution in [0.1, 0.15) is 4.88 Å². The summed E-state index contributed by atoms with van der Waals surface area (Å²) < 4.78 is 6.33. The van der Waals surface area contributed by atoms with E-state index in [1.54, 1.807) is 11.3 Å². The molecule has 0 radical (unpaired) electrons. The van der Waals surface area contributed by atoms with Crippen LogP contribution in [0.3, 0.4) is 0 Å². The summed E-state index contributed by atoms with van der Waals surface area (Å²) in [7, 11) is 0. The van der Waals surface area contributed by atoms with Gasteiger partial charge in [-0.1, -0.05) is 29.8 Å². The van der Waals surface area contributed by atoms with Gasteiger partial charge in [0.05, 0.1) is 17.5 Å². The van der Waals surface area contributed by atoms with E-state index in [2.05, 4.69) is 17.0 Å². The zero-order chi connectivity index (χ0) is 13.7. The van der Waals surface area contributed by atoms with Gasteiger partial charge in [-0.3, -0.25) is 9.69 Å². The van der Waals surface area contributed by atoms with Crippen LogP contribution < -0.4 is 0 Å². The number of likely N-dealkylation sites (tertiary alicyclic amines) is 1. The number of fused-ring (bicyclic) bond motifs is 2. The largest absolute Gasteiger partial charge is 0.465 e. The molecular formula is C15H15Cl2NO2S. The van der Waals surface area contributed by atoms with E-state index in [1.165, 1.54) is 9.58 Å². The monoisotopic (exact) mass is 343 g/mol. The first-order valence-electron chi connectivity index (χ1n) is 6.77. The van der Waals surface area contributed by atoms with Gasteiger partial charge in [-0.2, -0.15) is 0 Å². The van der Waals surface area contributed by atoms with Crippen molar-refractivity contribution >= 4 is 51.4 Å². The Kier molecular flexibility index (Phi) is 4.14. The van der Waals surface area contributed by atoms with Crippen LogP contribution in [0.25, 0.3) is 10.1 Å². The van der Waals surface area contributed by atoms with Crippen molar-refractivity contribution in [2.45, 2.75) is 6.54 Å². The lowest BCUT2D eigenvalue weighted by Crippen LogP contribution is -2.23. The van der Waals surface area contributed by atoms with Crippen LogP contribution in [0.2, 0.25) is 5.02 Å². The van der Waals surface area contributed by atoms with E-state index in [0.717, 1.165) is 30.0 Å². The number of thiophene rings is 1. The SMILES string of the molecule is Cl.O=C1OC[C@H]2CN(Cc3sc4ccccc4c3Cl)C[C@@H]12. The molecular weight excluding hydrogens is 329 g/mol. The number of benzene rings is 1. The Morgan fingerprint density at radius 2 is 2.14 bits per heavy atom. The van der Waals surface area contributed by atoms with Gasteiger partial charge in [-0.05, 0) is 6.07 Å². The molecule has 2 atom stereocenters. The van der Waals surface area contributed by atoms with Crippen molar-refractivity contribution in [2.24, 2.45) is 11.8 Å². The van der Waals surface area contributed by atoms with Gasteiger partial charge in [0.25, 0.3) is 0 Å². The summed E-state index contributed by atoms with van der Waals surface area (Å²) in [5.41, 5.74) is 0. The van der Waals surface area contributed by atoms with Crippen LogP contribution in [-0.4, -0.2) is 30.6 Å². The lowest BCUT2D eigenvalue weighted by atomic mass is 10.0. The van der Waals surface area contributed by atoms with E-state index < -0.39 is 0 Å². The number of carbonyl (C=O) groups excluding carboxylic acids is 1. The fourth-order valence-corrected chi connectivity index (χ4v) is 4.73. The maximum atomic E-state index is 11.6. The Hall–Kier alpha value is -0.810. The lowest BCUT2D eigenvalue weighted by molar-refractivity contribution is -0.141. The Labute approximate surface area is 138 Å². The number of carbonyl (C=O) groups is 1. The molecule has 0 aliphatic carbocycles. The second-order valence-corrected chi connectivity index (χ2v) is 7.04. The molecule has 2 fully saturated rings. The van der Waals surface area contributed by atoms with Gasteiger partial charge in [-0.25, -0.2) is 0 Å². The molecule has 0 N–H and O–H groups in total. The van der Waals surface area contributed by atoms with Gasteiger partial charge in [0.1, 0.15) is 0 Å². The van der Waals surface area contributed by atoms with Gasteiger partial charge in [0.15, 0.2) is 0 Å². The van der Waals surface area contributed by atoms with E-state index in [9.17, 15) is 4.79 Å². The molecule has 3 nitrogen and oxygen atoms in total. The quantitative estimate of drug-likeness (QED) is 0.780. The highest BCUT2D eigenvalue weighted by Gasteiger charge is 2.43. The van der Waals surface area contributed by atoms with E-state index in [0.29, 0.717) is 12.5 Å². The topological polar surface area (TPSA) is 29.5 Å². The summed E-state index contributed by atoms with van der Waals surface area (Å²) in [6.45, 7) is 3.15. The number of ether oxygens (including phenoxy) is 1. The number of cyclic esters (lactones) is 1. The summed E-state index contributed by atoms with van der Waals surface area (Å²) in [5, 5.41) is 2.00. The minimum absolute atomic E-state index is 0. The third-order valence-corrected chi connectivity index (χ3v) is 5.93. The Morgan fingerprint density at radius 1 is 1.33 bits per heavy atom. The molecule has 4 rings (SSSR count).